The molecule has 0 saturated heterocycles. The van der Waals surface area contributed by atoms with E-state index in [2.05, 4.69) is 10.6 Å². The third-order valence-corrected chi connectivity index (χ3v) is 2.96. The van der Waals surface area contributed by atoms with Gasteiger partial charge in [-0.1, -0.05) is 18.2 Å². The highest BCUT2D eigenvalue weighted by molar-refractivity contribution is 5.91. The lowest BCUT2D eigenvalue weighted by molar-refractivity contribution is -0.120. The fourth-order valence-corrected chi connectivity index (χ4v) is 2.07. The molecule has 0 radical (unpaired) electrons. The highest BCUT2D eigenvalue weighted by Gasteiger charge is 2.26. The molecule has 2 N–H and O–H groups in total. The van der Waals surface area contributed by atoms with E-state index in [4.69, 9.17) is 4.74 Å². The molecular weight excluding hydrogens is 256 g/mol. The number of benzene rings is 1. The molecule has 0 aromatic heterocycles. The first-order valence-electron chi connectivity index (χ1n) is 6.69. The topological polar surface area (TPSA) is 67.4 Å². The SMILES string of the molecule is CC(C)(C)OC(=O)N[C@@H]1CNc2ccccc2CC1=O. The number of amides is 1. The minimum Gasteiger partial charge on any atom is -0.444 e. The first kappa shape index (κ1) is 14.4. The average molecular weight is 276 g/mol. The number of ether oxygens (including phenoxy) is 1. The predicted octanol–water partition coefficient (Wildman–Crippen LogP) is 2.12. The van der Waals surface area contributed by atoms with Gasteiger partial charge in [0.05, 0.1) is 0 Å². The van der Waals surface area contributed by atoms with Crippen LogP contribution in [0.15, 0.2) is 24.3 Å². The lowest BCUT2D eigenvalue weighted by Crippen LogP contribution is -2.46. The Bertz CT molecular complexity index is 520. The van der Waals surface area contributed by atoms with Crippen LogP contribution >= 0.6 is 0 Å². The maximum atomic E-state index is 12.2. The summed E-state index contributed by atoms with van der Waals surface area (Å²) in [5.74, 6) is -0.0201. The van der Waals surface area contributed by atoms with Gasteiger partial charge in [-0.2, -0.15) is 0 Å². The van der Waals surface area contributed by atoms with Crippen LogP contribution in [0.1, 0.15) is 26.3 Å². The van der Waals surface area contributed by atoms with Crippen LogP contribution in [0.4, 0.5) is 10.5 Å². The van der Waals surface area contributed by atoms with Gasteiger partial charge in [0.15, 0.2) is 5.78 Å². The Labute approximate surface area is 118 Å². The van der Waals surface area contributed by atoms with E-state index in [9.17, 15) is 9.59 Å². The summed E-state index contributed by atoms with van der Waals surface area (Å²) in [6.45, 7) is 5.73. The first-order chi connectivity index (χ1) is 9.35. The third kappa shape index (κ3) is 3.73. The van der Waals surface area contributed by atoms with Crippen LogP contribution in [-0.2, 0) is 16.0 Å². The molecule has 0 bridgehead atoms. The van der Waals surface area contributed by atoms with Crippen molar-refractivity contribution in [1.29, 1.82) is 0 Å². The fraction of sp³-hybridized carbons (Fsp3) is 0.467. The number of hydrogen-bond acceptors (Lipinski definition) is 4. The molecule has 1 atom stereocenters. The van der Waals surface area contributed by atoms with Crippen LogP contribution in [0, 0.1) is 0 Å². The Kier molecular flexibility index (Phi) is 3.97. The Balaban J connectivity index is 2.02. The zero-order chi connectivity index (χ0) is 14.8. The minimum absolute atomic E-state index is 0.0201. The van der Waals surface area contributed by atoms with Crippen LogP contribution in [0.25, 0.3) is 0 Å². The molecular formula is C15H20N2O3. The van der Waals surface area contributed by atoms with E-state index in [0.29, 0.717) is 13.0 Å². The Hall–Kier alpha value is -2.04. The van der Waals surface area contributed by atoms with Gasteiger partial charge >= 0.3 is 6.09 Å². The smallest absolute Gasteiger partial charge is 0.408 e. The summed E-state index contributed by atoms with van der Waals surface area (Å²) in [5, 5.41) is 5.81. The molecule has 5 nitrogen and oxygen atoms in total. The molecule has 20 heavy (non-hydrogen) atoms. The van der Waals surface area contributed by atoms with Crippen molar-refractivity contribution in [3.05, 3.63) is 29.8 Å². The summed E-state index contributed by atoms with van der Waals surface area (Å²) >= 11 is 0. The molecule has 1 heterocycles. The standard InChI is InChI=1S/C15H20N2O3/c1-15(2,3)20-14(19)17-12-9-16-11-7-5-4-6-10(11)8-13(12)18/h4-7,12,16H,8-9H2,1-3H3,(H,17,19)/t12-/m1/s1. The summed E-state index contributed by atoms with van der Waals surface area (Å²) in [5.41, 5.74) is 1.31. The van der Waals surface area contributed by atoms with Crippen molar-refractivity contribution in [1.82, 2.24) is 5.32 Å². The average Bonchev–Trinajstić information content (AvgIpc) is 2.47. The number of alkyl carbamates (subject to hydrolysis) is 1. The molecule has 0 spiro atoms. The lowest BCUT2D eigenvalue weighted by atomic mass is 10.1. The summed E-state index contributed by atoms with van der Waals surface area (Å²) < 4.78 is 5.18. The van der Waals surface area contributed by atoms with Gasteiger partial charge in [-0.05, 0) is 32.4 Å². The third-order valence-electron chi connectivity index (χ3n) is 2.96. The molecule has 1 aromatic carbocycles. The maximum absolute atomic E-state index is 12.2. The quantitative estimate of drug-likeness (QED) is 0.824. The van der Waals surface area contributed by atoms with Gasteiger partial charge in [0.25, 0.3) is 0 Å². The van der Waals surface area contributed by atoms with E-state index in [-0.39, 0.29) is 5.78 Å². The molecule has 1 aliphatic rings. The van der Waals surface area contributed by atoms with Crippen molar-refractivity contribution in [2.45, 2.75) is 38.8 Å². The van der Waals surface area contributed by atoms with Gasteiger partial charge in [-0.3, -0.25) is 4.79 Å². The Morgan fingerprint density at radius 2 is 2.05 bits per heavy atom. The summed E-state index contributed by atoms with van der Waals surface area (Å²) in [7, 11) is 0. The van der Waals surface area contributed by atoms with Gasteiger partial charge in [-0.25, -0.2) is 4.79 Å². The number of Topliss-reactive ketones (excluding diaryl/α,β-unsaturated/α-hetero) is 1. The van der Waals surface area contributed by atoms with Crippen molar-refractivity contribution >= 4 is 17.6 Å². The molecule has 5 heteroatoms. The Morgan fingerprint density at radius 3 is 2.75 bits per heavy atom. The predicted molar refractivity (Wildman–Crippen MR) is 76.8 cm³/mol. The molecule has 0 aliphatic carbocycles. The van der Waals surface area contributed by atoms with Gasteiger partial charge in [0.2, 0.25) is 0 Å². The zero-order valence-electron chi connectivity index (χ0n) is 12.0. The van der Waals surface area contributed by atoms with Crippen LogP contribution in [0.2, 0.25) is 0 Å². The lowest BCUT2D eigenvalue weighted by Gasteiger charge is -2.22. The number of para-hydroxylation sites is 1. The van der Waals surface area contributed by atoms with Crippen LogP contribution in [0.5, 0.6) is 0 Å². The van der Waals surface area contributed by atoms with E-state index < -0.39 is 17.7 Å². The van der Waals surface area contributed by atoms with Gasteiger partial charge in [0.1, 0.15) is 11.6 Å². The number of nitrogens with one attached hydrogen (secondary N) is 2. The van der Waals surface area contributed by atoms with E-state index in [1.54, 1.807) is 20.8 Å². The highest BCUT2D eigenvalue weighted by Crippen LogP contribution is 2.19. The second kappa shape index (κ2) is 5.53. The van der Waals surface area contributed by atoms with Crippen molar-refractivity contribution in [2.24, 2.45) is 0 Å². The molecule has 1 aromatic rings. The van der Waals surface area contributed by atoms with E-state index in [0.717, 1.165) is 11.3 Å². The van der Waals surface area contributed by atoms with Gasteiger partial charge in [-0.15, -0.1) is 0 Å². The number of rotatable bonds is 1. The number of hydrogen-bond donors (Lipinski definition) is 2. The van der Waals surface area contributed by atoms with Crippen LogP contribution in [0.3, 0.4) is 0 Å². The fourth-order valence-electron chi connectivity index (χ4n) is 2.07. The number of ketones is 1. The first-order valence-corrected chi connectivity index (χ1v) is 6.69. The van der Waals surface area contributed by atoms with E-state index >= 15 is 0 Å². The molecule has 1 amide bonds. The van der Waals surface area contributed by atoms with Crippen LogP contribution in [-0.4, -0.2) is 30.1 Å². The largest absolute Gasteiger partial charge is 0.444 e. The molecule has 0 saturated carbocycles. The summed E-state index contributed by atoms with van der Waals surface area (Å²) in [6, 6.07) is 7.08. The molecule has 108 valence electrons. The maximum Gasteiger partial charge on any atom is 0.408 e. The molecule has 2 rings (SSSR count). The van der Waals surface area contributed by atoms with Crippen molar-refractivity contribution in [3.8, 4) is 0 Å². The van der Waals surface area contributed by atoms with Crippen LogP contribution < -0.4 is 10.6 Å². The van der Waals surface area contributed by atoms with E-state index in [1.165, 1.54) is 0 Å². The van der Waals surface area contributed by atoms with Crippen molar-refractivity contribution < 1.29 is 14.3 Å². The van der Waals surface area contributed by atoms with E-state index in [1.807, 2.05) is 24.3 Å². The minimum atomic E-state index is -0.575. The van der Waals surface area contributed by atoms with Gasteiger partial charge in [0, 0.05) is 18.7 Å². The highest BCUT2D eigenvalue weighted by atomic mass is 16.6. The number of anilines is 1. The number of carbonyl (C=O) groups is 2. The second-order valence-electron chi connectivity index (χ2n) is 5.88. The second-order valence-corrected chi connectivity index (χ2v) is 5.88. The Morgan fingerprint density at radius 1 is 1.35 bits per heavy atom. The molecule has 0 unspecified atom stereocenters. The normalized spacial score (nSPS) is 18.6. The van der Waals surface area contributed by atoms with Gasteiger partial charge < -0.3 is 15.4 Å². The summed E-state index contributed by atoms with van der Waals surface area (Å²) in [6.07, 6.45) is -0.257. The number of fused-ring (bicyclic) bond motifs is 1. The number of carbonyl (C=O) groups excluding carboxylic acids is 2. The zero-order valence-corrected chi connectivity index (χ0v) is 12.0. The van der Waals surface area contributed by atoms with Crippen molar-refractivity contribution in [3.63, 3.8) is 0 Å². The summed E-state index contributed by atoms with van der Waals surface area (Å²) in [4.78, 5) is 23.9. The monoisotopic (exact) mass is 276 g/mol. The molecule has 0 fully saturated rings. The van der Waals surface area contributed by atoms with Crippen molar-refractivity contribution in [2.75, 3.05) is 11.9 Å². The molecule has 1 aliphatic heterocycles.